The van der Waals surface area contributed by atoms with Crippen LogP contribution < -0.4 is 0 Å². The summed E-state index contributed by atoms with van der Waals surface area (Å²) in [5, 5.41) is 6.43. The van der Waals surface area contributed by atoms with E-state index in [9.17, 15) is 0 Å². The highest BCUT2D eigenvalue weighted by Gasteiger charge is 2.18. The molecule has 0 aliphatic rings. The Hall–Kier alpha value is -4.11. The molecule has 0 amide bonds. The number of furan rings is 2. The molecule has 0 saturated heterocycles. The third-order valence-electron chi connectivity index (χ3n) is 6.86. The van der Waals surface area contributed by atoms with Crippen molar-refractivity contribution in [2.24, 2.45) is 0 Å². The fourth-order valence-electron chi connectivity index (χ4n) is 5.09. The van der Waals surface area contributed by atoms with Gasteiger partial charge in [0.25, 0.3) is 0 Å². The standard InChI is InChI=1S/C31H23NO2/c1-17(2)19-13-14-32-27(16-19)26-6-4-5-21-23-11-12-24-25(30(23)34-31(21)26)10-9-22-20-8-7-18(3)15-28(20)33-29(22)24/h4-17H,1-3H3/i17D. The Morgan fingerprint density at radius 2 is 1.35 bits per heavy atom. The van der Waals surface area contributed by atoms with Gasteiger partial charge in [-0.05, 0) is 72.5 Å². The summed E-state index contributed by atoms with van der Waals surface area (Å²) in [5.41, 5.74) is 7.29. The molecule has 0 fully saturated rings. The lowest BCUT2D eigenvalue weighted by atomic mass is 10.00. The minimum atomic E-state index is -0.702. The molecule has 0 atom stereocenters. The largest absolute Gasteiger partial charge is 0.455 e. The maximum Gasteiger partial charge on any atom is 0.144 e. The molecular weight excluding hydrogens is 418 g/mol. The molecule has 3 heterocycles. The molecule has 4 aromatic carbocycles. The van der Waals surface area contributed by atoms with Gasteiger partial charge >= 0.3 is 0 Å². The normalized spacial score (nSPS) is 13.0. The van der Waals surface area contributed by atoms with Gasteiger partial charge in [-0.3, -0.25) is 4.98 Å². The maximum absolute atomic E-state index is 8.43. The predicted octanol–water partition coefficient (Wildman–Crippen LogP) is 9.13. The molecule has 0 aliphatic heterocycles. The van der Waals surface area contributed by atoms with Crippen LogP contribution in [0.3, 0.4) is 0 Å². The molecule has 0 spiro atoms. The lowest BCUT2D eigenvalue weighted by molar-refractivity contribution is 0.669. The molecular formula is C31H23NO2. The fraction of sp³-hybridized carbons (Fsp3) is 0.129. The number of hydrogen-bond acceptors (Lipinski definition) is 3. The lowest BCUT2D eigenvalue weighted by Crippen LogP contribution is -1.90. The van der Waals surface area contributed by atoms with Gasteiger partial charge in [-0.1, -0.05) is 38.1 Å². The third kappa shape index (κ3) is 2.67. The summed E-state index contributed by atoms with van der Waals surface area (Å²) in [4.78, 5) is 4.62. The quantitative estimate of drug-likeness (QED) is 0.268. The first kappa shape index (κ1) is 18.3. The molecule has 3 nitrogen and oxygen atoms in total. The number of benzene rings is 4. The van der Waals surface area contributed by atoms with Gasteiger partial charge in [-0.2, -0.15) is 0 Å². The van der Waals surface area contributed by atoms with Crippen LogP contribution in [0.2, 0.25) is 0 Å². The van der Waals surface area contributed by atoms with Crippen LogP contribution in [0.15, 0.2) is 87.8 Å². The Morgan fingerprint density at radius 1 is 0.706 bits per heavy atom. The first-order chi connectivity index (χ1) is 16.9. The van der Waals surface area contributed by atoms with E-state index in [1.807, 2.05) is 38.1 Å². The fourth-order valence-corrected chi connectivity index (χ4v) is 5.09. The summed E-state index contributed by atoms with van der Waals surface area (Å²) in [6, 6.07) is 25.0. The van der Waals surface area contributed by atoms with E-state index in [1.54, 1.807) is 6.20 Å². The van der Waals surface area contributed by atoms with Gasteiger partial charge in [-0.25, -0.2) is 0 Å². The number of hydrogen-bond donors (Lipinski definition) is 0. The second-order valence-electron chi connectivity index (χ2n) is 9.30. The smallest absolute Gasteiger partial charge is 0.144 e. The van der Waals surface area contributed by atoms with Crippen LogP contribution in [-0.2, 0) is 0 Å². The van der Waals surface area contributed by atoms with Crippen molar-refractivity contribution in [3.63, 3.8) is 0 Å². The van der Waals surface area contributed by atoms with Gasteiger partial charge in [-0.15, -0.1) is 0 Å². The highest BCUT2D eigenvalue weighted by molar-refractivity contribution is 6.23. The Bertz CT molecular complexity index is 1950. The third-order valence-corrected chi connectivity index (χ3v) is 6.86. The second-order valence-corrected chi connectivity index (χ2v) is 9.30. The first-order valence-corrected chi connectivity index (χ1v) is 11.6. The zero-order valence-electron chi connectivity index (χ0n) is 20.3. The number of para-hydroxylation sites is 1. The molecule has 0 N–H and O–H groups in total. The van der Waals surface area contributed by atoms with E-state index in [-0.39, 0.29) is 0 Å². The highest BCUT2D eigenvalue weighted by Crippen LogP contribution is 2.41. The number of pyridine rings is 1. The Kier molecular flexibility index (Phi) is 3.74. The average molecular weight is 443 g/mol. The van der Waals surface area contributed by atoms with Crippen molar-refractivity contribution in [1.29, 1.82) is 0 Å². The van der Waals surface area contributed by atoms with Crippen LogP contribution in [-0.4, -0.2) is 4.98 Å². The van der Waals surface area contributed by atoms with Crippen LogP contribution in [0.25, 0.3) is 65.9 Å². The number of rotatable bonds is 2. The summed E-state index contributed by atoms with van der Waals surface area (Å²) in [6.45, 7) is 5.86. The Morgan fingerprint density at radius 3 is 2.09 bits per heavy atom. The van der Waals surface area contributed by atoms with Crippen molar-refractivity contribution < 1.29 is 10.2 Å². The highest BCUT2D eigenvalue weighted by atomic mass is 16.3. The predicted molar refractivity (Wildman–Crippen MR) is 141 cm³/mol. The first-order valence-electron chi connectivity index (χ1n) is 12.1. The SMILES string of the molecule is [2H]C(C)(C)c1ccnc(-c2cccc3c2oc2c3ccc3c2ccc2c4ccc(C)cc4oc23)c1. The van der Waals surface area contributed by atoms with Gasteiger partial charge < -0.3 is 8.83 Å². The molecule has 0 aliphatic carbocycles. The molecule has 0 saturated carbocycles. The zero-order valence-corrected chi connectivity index (χ0v) is 19.3. The maximum atomic E-state index is 8.43. The van der Waals surface area contributed by atoms with E-state index >= 15 is 0 Å². The minimum Gasteiger partial charge on any atom is -0.455 e. The van der Waals surface area contributed by atoms with Gasteiger partial charge in [0.2, 0.25) is 0 Å². The van der Waals surface area contributed by atoms with Crippen molar-refractivity contribution in [2.75, 3.05) is 0 Å². The Labute approximate surface area is 198 Å². The van der Waals surface area contributed by atoms with Gasteiger partial charge in [0.1, 0.15) is 22.3 Å². The van der Waals surface area contributed by atoms with Crippen molar-refractivity contribution in [3.8, 4) is 11.3 Å². The zero-order chi connectivity index (χ0) is 23.9. The number of aromatic nitrogens is 1. The van der Waals surface area contributed by atoms with E-state index in [1.165, 1.54) is 5.56 Å². The summed E-state index contributed by atoms with van der Waals surface area (Å²) >= 11 is 0. The van der Waals surface area contributed by atoms with E-state index in [4.69, 9.17) is 10.2 Å². The minimum absolute atomic E-state index is 0.702. The van der Waals surface area contributed by atoms with Crippen LogP contribution in [0.5, 0.6) is 0 Å². The van der Waals surface area contributed by atoms with E-state index < -0.39 is 5.89 Å². The average Bonchev–Trinajstić information content (AvgIpc) is 3.41. The van der Waals surface area contributed by atoms with E-state index in [2.05, 4.69) is 60.4 Å². The number of aryl methyl sites for hydroxylation is 1. The van der Waals surface area contributed by atoms with Crippen LogP contribution in [0, 0.1) is 6.92 Å². The Balaban J connectivity index is 1.52. The monoisotopic (exact) mass is 442 g/mol. The van der Waals surface area contributed by atoms with Crippen molar-refractivity contribution in [3.05, 3.63) is 90.1 Å². The van der Waals surface area contributed by atoms with Gasteiger partial charge in [0, 0.05) is 45.4 Å². The van der Waals surface area contributed by atoms with Gasteiger partial charge in [0.05, 0.1) is 5.69 Å². The topological polar surface area (TPSA) is 39.2 Å². The molecule has 0 bridgehead atoms. The molecule has 7 aromatic rings. The molecule has 3 aromatic heterocycles. The van der Waals surface area contributed by atoms with Crippen LogP contribution >= 0.6 is 0 Å². The van der Waals surface area contributed by atoms with Crippen LogP contribution in [0.1, 0.15) is 32.2 Å². The summed E-state index contributed by atoms with van der Waals surface area (Å²) in [5.74, 6) is -0.702. The molecule has 7 rings (SSSR count). The second kappa shape index (κ2) is 6.94. The molecule has 0 unspecified atom stereocenters. The lowest BCUT2D eigenvalue weighted by Gasteiger charge is -2.07. The molecule has 34 heavy (non-hydrogen) atoms. The number of nitrogens with zero attached hydrogens (tertiary/aromatic N) is 1. The molecule has 164 valence electrons. The summed E-state index contributed by atoms with van der Waals surface area (Å²) in [6.07, 6.45) is 1.78. The van der Waals surface area contributed by atoms with Crippen LogP contribution in [0.4, 0.5) is 0 Å². The van der Waals surface area contributed by atoms with Crippen molar-refractivity contribution >= 4 is 54.6 Å². The molecule has 0 radical (unpaired) electrons. The molecule has 3 heteroatoms. The van der Waals surface area contributed by atoms with Crippen molar-refractivity contribution in [1.82, 2.24) is 4.98 Å². The number of fused-ring (bicyclic) bond motifs is 9. The van der Waals surface area contributed by atoms with E-state index in [0.717, 1.165) is 71.5 Å². The van der Waals surface area contributed by atoms with Gasteiger partial charge in [0.15, 0.2) is 0 Å². The summed E-state index contributed by atoms with van der Waals surface area (Å²) < 4.78 is 21.4. The van der Waals surface area contributed by atoms with Crippen molar-refractivity contribution in [2.45, 2.75) is 26.7 Å². The summed E-state index contributed by atoms with van der Waals surface area (Å²) in [7, 11) is 0. The van der Waals surface area contributed by atoms with E-state index in [0.29, 0.717) is 0 Å².